The Hall–Kier alpha value is -3.30. The van der Waals surface area contributed by atoms with Crippen LogP contribution in [0.4, 0.5) is 0 Å². The molecular formula is C29H32O3. The SMILES string of the molecule is C=C1C/C1=C\C(CCCCCO)=C(c1ccc(O)cc1)c1ccc(O)cc1.C=C1CC1=C. The van der Waals surface area contributed by atoms with Crippen LogP contribution in [0.25, 0.3) is 5.57 Å². The summed E-state index contributed by atoms with van der Waals surface area (Å²) in [6, 6.07) is 14.5. The zero-order chi connectivity index (χ0) is 23.1. The standard InChI is InChI=1S/C24H26O3.C5H6/c1-17-15-21(17)16-20(5-3-2-4-14-25)24(18-6-10-22(26)11-7-18)19-8-12-23(27)13-9-19;1-4-3-5(4)2/h6-13,16,25-27H,1-5,14-15H2;1-3H2/b21-16+;. The minimum atomic E-state index is 0.222. The molecule has 0 spiro atoms. The van der Waals surface area contributed by atoms with Crippen molar-refractivity contribution in [1.82, 2.24) is 0 Å². The Morgan fingerprint density at radius 2 is 1.19 bits per heavy atom. The Labute approximate surface area is 191 Å². The first-order valence-electron chi connectivity index (χ1n) is 11.1. The van der Waals surface area contributed by atoms with Gasteiger partial charge in [0, 0.05) is 6.61 Å². The molecule has 2 aliphatic carbocycles. The van der Waals surface area contributed by atoms with Crippen LogP contribution in [0.15, 0.2) is 102 Å². The molecule has 3 N–H and O–H groups in total. The molecule has 2 fully saturated rings. The highest BCUT2D eigenvalue weighted by Crippen LogP contribution is 2.39. The molecule has 0 aromatic heterocycles. The maximum absolute atomic E-state index is 9.68. The van der Waals surface area contributed by atoms with Gasteiger partial charge in [-0.15, -0.1) is 0 Å². The summed E-state index contributed by atoms with van der Waals surface area (Å²) in [7, 11) is 0. The van der Waals surface area contributed by atoms with Gasteiger partial charge < -0.3 is 15.3 Å². The Kier molecular flexibility index (Phi) is 7.91. The smallest absolute Gasteiger partial charge is 0.115 e. The van der Waals surface area contributed by atoms with Gasteiger partial charge in [-0.05, 0) is 101 Å². The Bertz CT molecular complexity index is 991. The normalized spacial score (nSPS) is 15.3. The number of aliphatic hydroxyl groups excluding tert-OH is 1. The van der Waals surface area contributed by atoms with Crippen molar-refractivity contribution in [2.45, 2.75) is 38.5 Å². The molecule has 4 rings (SSSR count). The maximum atomic E-state index is 9.68. The predicted molar refractivity (Wildman–Crippen MR) is 133 cm³/mol. The molecule has 2 aromatic carbocycles. The van der Waals surface area contributed by atoms with Gasteiger partial charge in [0.25, 0.3) is 0 Å². The fourth-order valence-corrected chi connectivity index (χ4v) is 3.43. The number of aromatic hydroxyl groups is 2. The molecule has 2 aliphatic rings. The van der Waals surface area contributed by atoms with E-state index in [9.17, 15) is 10.2 Å². The largest absolute Gasteiger partial charge is 0.508 e. The van der Waals surface area contributed by atoms with Crippen molar-refractivity contribution in [1.29, 1.82) is 0 Å². The lowest BCUT2D eigenvalue weighted by Crippen LogP contribution is -1.95. The first kappa shape index (κ1) is 23.4. The highest BCUT2D eigenvalue weighted by atomic mass is 16.3. The average Bonchev–Trinajstić information content (AvgIpc) is 3.66. The number of benzene rings is 2. The van der Waals surface area contributed by atoms with Gasteiger partial charge in [0.2, 0.25) is 0 Å². The van der Waals surface area contributed by atoms with Gasteiger partial charge in [0.1, 0.15) is 11.5 Å². The summed E-state index contributed by atoms with van der Waals surface area (Å²) in [5, 5.41) is 28.4. The van der Waals surface area contributed by atoms with E-state index in [2.05, 4.69) is 25.8 Å². The van der Waals surface area contributed by atoms with Crippen LogP contribution >= 0.6 is 0 Å². The van der Waals surface area contributed by atoms with Crippen molar-refractivity contribution in [2.24, 2.45) is 0 Å². The van der Waals surface area contributed by atoms with Crippen molar-refractivity contribution in [2.75, 3.05) is 6.61 Å². The number of unbranched alkanes of at least 4 members (excludes halogenated alkanes) is 2. The molecule has 0 saturated heterocycles. The molecule has 0 atom stereocenters. The van der Waals surface area contributed by atoms with Crippen LogP contribution in [-0.2, 0) is 0 Å². The topological polar surface area (TPSA) is 60.7 Å². The lowest BCUT2D eigenvalue weighted by molar-refractivity contribution is 0.283. The molecule has 0 aliphatic heterocycles. The third kappa shape index (κ3) is 6.86. The summed E-state index contributed by atoms with van der Waals surface area (Å²) in [6.07, 6.45) is 7.95. The van der Waals surface area contributed by atoms with Gasteiger partial charge in [0.05, 0.1) is 0 Å². The summed E-state index contributed by atoms with van der Waals surface area (Å²) in [6.45, 7) is 11.6. The summed E-state index contributed by atoms with van der Waals surface area (Å²) in [5.74, 6) is 0.476. The molecule has 3 nitrogen and oxygen atoms in total. The van der Waals surface area contributed by atoms with Crippen LogP contribution in [0.1, 0.15) is 49.7 Å². The van der Waals surface area contributed by atoms with Gasteiger partial charge in [-0.25, -0.2) is 0 Å². The van der Waals surface area contributed by atoms with Crippen LogP contribution in [-0.4, -0.2) is 21.9 Å². The molecule has 0 unspecified atom stereocenters. The molecule has 0 amide bonds. The van der Waals surface area contributed by atoms with E-state index in [0.717, 1.165) is 55.2 Å². The van der Waals surface area contributed by atoms with Crippen molar-refractivity contribution < 1.29 is 15.3 Å². The number of allylic oxidation sites excluding steroid dienone is 6. The molecule has 3 heteroatoms. The molecular weight excluding hydrogens is 396 g/mol. The third-order valence-electron chi connectivity index (χ3n) is 5.62. The number of aliphatic hydroxyl groups is 1. The molecule has 2 aromatic rings. The molecule has 0 radical (unpaired) electrons. The van der Waals surface area contributed by atoms with Gasteiger partial charge >= 0.3 is 0 Å². The van der Waals surface area contributed by atoms with E-state index in [1.54, 1.807) is 24.3 Å². The van der Waals surface area contributed by atoms with Gasteiger partial charge in [-0.3, -0.25) is 0 Å². The van der Waals surface area contributed by atoms with Crippen LogP contribution < -0.4 is 0 Å². The van der Waals surface area contributed by atoms with E-state index in [1.807, 2.05) is 24.3 Å². The minimum absolute atomic E-state index is 0.222. The first-order valence-corrected chi connectivity index (χ1v) is 11.1. The summed E-state index contributed by atoms with van der Waals surface area (Å²) < 4.78 is 0. The summed E-state index contributed by atoms with van der Waals surface area (Å²) in [5.41, 5.74) is 9.29. The van der Waals surface area contributed by atoms with Crippen LogP contribution in [0.5, 0.6) is 11.5 Å². The Balaban J connectivity index is 0.000000509. The zero-order valence-electron chi connectivity index (χ0n) is 18.6. The number of hydrogen-bond donors (Lipinski definition) is 3. The second-order valence-corrected chi connectivity index (χ2v) is 8.36. The van der Waals surface area contributed by atoms with Gasteiger partial charge in [-0.2, -0.15) is 0 Å². The third-order valence-corrected chi connectivity index (χ3v) is 5.62. The highest BCUT2D eigenvalue weighted by molar-refractivity contribution is 5.84. The van der Waals surface area contributed by atoms with Crippen LogP contribution in [0, 0.1) is 0 Å². The zero-order valence-corrected chi connectivity index (χ0v) is 18.6. The van der Waals surface area contributed by atoms with Gasteiger partial charge in [0.15, 0.2) is 0 Å². The highest BCUT2D eigenvalue weighted by Gasteiger charge is 2.20. The summed E-state index contributed by atoms with van der Waals surface area (Å²) in [4.78, 5) is 0. The van der Waals surface area contributed by atoms with Crippen molar-refractivity contribution >= 4 is 5.57 Å². The fourth-order valence-electron chi connectivity index (χ4n) is 3.43. The van der Waals surface area contributed by atoms with E-state index < -0.39 is 0 Å². The first-order chi connectivity index (χ1) is 15.4. The van der Waals surface area contributed by atoms with E-state index in [1.165, 1.54) is 27.9 Å². The number of phenolic OH excluding ortho intramolecular Hbond substituents is 2. The lowest BCUT2D eigenvalue weighted by atomic mass is 9.90. The number of phenols is 2. The van der Waals surface area contributed by atoms with Gasteiger partial charge in [-0.1, -0.05) is 56.5 Å². The molecule has 0 heterocycles. The molecule has 166 valence electrons. The quantitative estimate of drug-likeness (QED) is 0.403. The summed E-state index contributed by atoms with van der Waals surface area (Å²) >= 11 is 0. The van der Waals surface area contributed by atoms with Crippen LogP contribution in [0.3, 0.4) is 0 Å². The molecule has 0 bridgehead atoms. The van der Waals surface area contributed by atoms with Crippen molar-refractivity contribution in [3.8, 4) is 11.5 Å². The number of rotatable bonds is 8. The molecule has 2 saturated carbocycles. The monoisotopic (exact) mass is 428 g/mol. The Morgan fingerprint density at radius 3 is 1.56 bits per heavy atom. The van der Waals surface area contributed by atoms with E-state index >= 15 is 0 Å². The predicted octanol–water partition coefficient (Wildman–Crippen LogP) is 6.84. The Morgan fingerprint density at radius 1 is 0.719 bits per heavy atom. The fraction of sp³-hybridized carbons (Fsp3) is 0.241. The van der Waals surface area contributed by atoms with E-state index in [-0.39, 0.29) is 18.1 Å². The van der Waals surface area contributed by atoms with Crippen LogP contribution in [0.2, 0.25) is 0 Å². The second kappa shape index (κ2) is 10.8. The van der Waals surface area contributed by atoms with Crippen molar-refractivity contribution in [3.05, 3.63) is 113 Å². The lowest BCUT2D eigenvalue weighted by Gasteiger charge is -2.15. The molecule has 32 heavy (non-hydrogen) atoms. The minimum Gasteiger partial charge on any atom is -0.508 e. The maximum Gasteiger partial charge on any atom is 0.115 e. The average molecular weight is 429 g/mol. The van der Waals surface area contributed by atoms with Crippen molar-refractivity contribution in [3.63, 3.8) is 0 Å². The van der Waals surface area contributed by atoms with E-state index in [4.69, 9.17) is 5.11 Å². The second-order valence-electron chi connectivity index (χ2n) is 8.36. The van der Waals surface area contributed by atoms with E-state index in [0.29, 0.717) is 0 Å². The number of hydrogen-bond acceptors (Lipinski definition) is 3.